The van der Waals surface area contributed by atoms with Gasteiger partial charge in [-0.15, -0.1) is 6.58 Å². The molecule has 2 aromatic carbocycles. The van der Waals surface area contributed by atoms with Crippen LogP contribution in [0.1, 0.15) is 42.9 Å². The van der Waals surface area contributed by atoms with Crippen molar-refractivity contribution in [1.82, 2.24) is 0 Å². The van der Waals surface area contributed by atoms with E-state index in [1.807, 2.05) is 6.08 Å². The van der Waals surface area contributed by atoms with Crippen molar-refractivity contribution in [3.05, 3.63) is 71.8 Å². The number of ether oxygens (including phenoxy) is 1. The van der Waals surface area contributed by atoms with Crippen molar-refractivity contribution in [3.63, 3.8) is 0 Å². The highest BCUT2D eigenvalue weighted by Crippen LogP contribution is 2.31. The summed E-state index contributed by atoms with van der Waals surface area (Å²) in [6.45, 7) is 3.69. The summed E-state index contributed by atoms with van der Waals surface area (Å²) in [5.74, 6) is -1.61. The van der Waals surface area contributed by atoms with Crippen molar-refractivity contribution in [1.29, 1.82) is 0 Å². The molecule has 2 rings (SSSR count). The molecule has 0 unspecified atom stereocenters. The van der Waals surface area contributed by atoms with E-state index in [2.05, 4.69) is 11.3 Å². The van der Waals surface area contributed by atoms with Crippen LogP contribution < -0.4 is 5.73 Å². The molecule has 3 nitrogen and oxygen atoms in total. The van der Waals surface area contributed by atoms with E-state index in [1.54, 1.807) is 24.3 Å². The van der Waals surface area contributed by atoms with Gasteiger partial charge in [0.25, 0.3) is 0 Å². The first kappa shape index (κ1) is 20.8. The lowest BCUT2D eigenvalue weighted by atomic mass is 9.92. The number of benzene rings is 2. The molecular formula is C22H25F2NO2. The Kier molecular flexibility index (Phi) is 7.67. The minimum absolute atomic E-state index is 0.0280. The van der Waals surface area contributed by atoms with Gasteiger partial charge in [0.15, 0.2) is 0 Å². The lowest BCUT2D eigenvalue weighted by molar-refractivity contribution is -0.141. The standard InChI is InChI=1S/C22H25F2NO2/c1-3-4-5-6-8-17-12-18(23)13-19(24)22(17)16-10-7-9-15(11-16)20(25)14-21(26)27-2/h3,7,9-13,20H,1,4-6,8,14,25H2,2H3/t20-/m0/s1. The highest BCUT2D eigenvalue weighted by molar-refractivity contribution is 5.71. The number of allylic oxidation sites excluding steroid dienone is 1. The topological polar surface area (TPSA) is 52.3 Å². The number of methoxy groups -OCH3 is 1. The average molecular weight is 373 g/mol. The summed E-state index contributed by atoms with van der Waals surface area (Å²) in [6, 6.07) is 8.76. The zero-order valence-corrected chi connectivity index (χ0v) is 15.5. The zero-order valence-electron chi connectivity index (χ0n) is 15.5. The maximum atomic E-state index is 14.6. The molecule has 0 bridgehead atoms. The number of rotatable bonds is 9. The van der Waals surface area contributed by atoms with E-state index in [-0.39, 0.29) is 6.42 Å². The summed E-state index contributed by atoms with van der Waals surface area (Å²) in [5, 5.41) is 0. The lowest BCUT2D eigenvalue weighted by Gasteiger charge is -2.15. The predicted octanol–water partition coefficient (Wildman–Crippen LogP) is 5.09. The molecule has 0 saturated heterocycles. The molecule has 0 fully saturated rings. The van der Waals surface area contributed by atoms with Gasteiger partial charge in [0, 0.05) is 17.7 Å². The summed E-state index contributed by atoms with van der Waals surface area (Å²) in [6.07, 6.45) is 5.01. The van der Waals surface area contributed by atoms with Crippen LogP contribution in [-0.4, -0.2) is 13.1 Å². The van der Waals surface area contributed by atoms with Gasteiger partial charge in [-0.1, -0.05) is 24.3 Å². The van der Waals surface area contributed by atoms with Crippen LogP contribution in [0.15, 0.2) is 49.1 Å². The summed E-state index contributed by atoms with van der Waals surface area (Å²) in [4.78, 5) is 11.5. The van der Waals surface area contributed by atoms with E-state index >= 15 is 0 Å². The number of nitrogens with two attached hydrogens (primary N) is 1. The SMILES string of the molecule is C=CCCCCc1cc(F)cc(F)c1-c1cccc([C@@H](N)CC(=O)OC)c1. The van der Waals surface area contributed by atoms with Crippen LogP contribution in [0.3, 0.4) is 0 Å². The largest absolute Gasteiger partial charge is 0.469 e. The molecule has 1 atom stereocenters. The zero-order chi connectivity index (χ0) is 19.8. The Morgan fingerprint density at radius 1 is 1.26 bits per heavy atom. The van der Waals surface area contributed by atoms with E-state index in [9.17, 15) is 13.6 Å². The fraction of sp³-hybridized carbons (Fsp3) is 0.318. The van der Waals surface area contributed by atoms with Crippen LogP contribution in [-0.2, 0) is 16.0 Å². The molecule has 0 heterocycles. The first-order valence-corrected chi connectivity index (χ1v) is 8.97. The molecule has 0 aliphatic carbocycles. The van der Waals surface area contributed by atoms with E-state index in [1.165, 1.54) is 13.2 Å². The maximum absolute atomic E-state index is 14.6. The Hall–Kier alpha value is -2.53. The second-order valence-corrected chi connectivity index (χ2v) is 6.47. The molecule has 0 aliphatic rings. The average Bonchev–Trinajstić information content (AvgIpc) is 2.64. The third-order valence-electron chi connectivity index (χ3n) is 4.46. The van der Waals surface area contributed by atoms with Crippen molar-refractivity contribution >= 4 is 5.97 Å². The van der Waals surface area contributed by atoms with Gasteiger partial charge in [-0.25, -0.2) is 8.78 Å². The Morgan fingerprint density at radius 2 is 2.04 bits per heavy atom. The van der Waals surface area contributed by atoms with E-state index in [0.717, 1.165) is 25.3 Å². The van der Waals surface area contributed by atoms with Crippen molar-refractivity contribution in [2.45, 2.75) is 38.1 Å². The van der Waals surface area contributed by atoms with Gasteiger partial charge in [-0.3, -0.25) is 4.79 Å². The molecule has 0 saturated carbocycles. The monoisotopic (exact) mass is 373 g/mol. The molecule has 5 heteroatoms. The summed E-state index contributed by atoms with van der Waals surface area (Å²) in [5.41, 5.74) is 8.37. The van der Waals surface area contributed by atoms with E-state index in [4.69, 9.17) is 5.73 Å². The fourth-order valence-electron chi connectivity index (χ4n) is 3.06. The summed E-state index contributed by atoms with van der Waals surface area (Å²) in [7, 11) is 1.30. The second kappa shape index (κ2) is 9.97. The Bertz CT molecular complexity index is 805. The Labute approximate surface area is 158 Å². The van der Waals surface area contributed by atoms with Crippen molar-refractivity contribution in [2.24, 2.45) is 5.73 Å². The molecule has 0 amide bonds. The molecule has 0 aliphatic heterocycles. The molecule has 2 aromatic rings. The van der Waals surface area contributed by atoms with Gasteiger partial charge >= 0.3 is 5.97 Å². The number of hydrogen-bond acceptors (Lipinski definition) is 3. The first-order valence-electron chi connectivity index (χ1n) is 8.97. The number of halogens is 2. The number of hydrogen-bond donors (Lipinski definition) is 1. The van der Waals surface area contributed by atoms with Gasteiger partial charge in [-0.05, 0) is 54.5 Å². The highest BCUT2D eigenvalue weighted by atomic mass is 19.1. The van der Waals surface area contributed by atoms with Crippen LogP contribution >= 0.6 is 0 Å². The van der Waals surface area contributed by atoms with E-state index < -0.39 is 23.6 Å². The minimum atomic E-state index is -0.604. The van der Waals surface area contributed by atoms with Gasteiger partial charge < -0.3 is 10.5 Å². The lowest BCUT2D eigenvalue weighted by Crippen LogP contribution is -2.16. The van der Waals surface area contributed by atoms with E-state index in [0.29, 0.717) is 28.7 Å². The maximum Gasteiger partial charge on any atom is 0.307 e. The smallest absolute Gasteiger partial charge is 0.307 e. The van der Waals surface area contributed by atoms with Crippen molar-refractivity contribution < 1.29 is 18.3 Å². The van der Waals surface area contributed by atoms with Crippen LogP contribution in [0.4, 0.5) is 8.78 Å². The third kappa shape index (κ3) is 5.73. The number of unbranched alkanes of at least 4 members (excludes halogenated alkanes) is 2. The van der Waals surface area contributed by atoms with Crippen LogP contribution in [0.25, 0.3) is 11.1 Å². The predicted molar refractivity (Wildman–Crippen MR) is 103 cm³/mol. The Balaban J connectivity index is 2.35. The normalized spacial score (nSPS) is 11.9. The fourth-order valence-corrected chi connectivity index (χ4v) is 3.06. The molecule has 0 radical (unpaired) electrons. The van der Waals surface area contributed by atoms with Gasteiger partial charge in [0.1, 0.15) is 11.6 Å². The Morgan fingerprint density at radius 3 is 2.74 bits per heavy atom. The van der Waals surface area contributed by atoms with Crippen molar-refractivity contribution in [2.75, 3.05) is 7.11 Å². The summed E-state index contributed by atoms with van der Waals surface area (Å²) < 4.78 is 33.0. The van der Waals surface area contributed by atoms with Gasteiger partial charge in [0.05, 0.1) is 13.5 Å². The van der Waals surface area contributed by atoms with Gasteiger partial charge in [0.2, 0.25) is 0 Å². The molecule has 27 heavy (non-hydrogen) atoms. The third-order valence-corrected chi connectivity index (χ3v) is 4.46. The van der Waals surface area contributed by atoms with Crippen LogP contribution in [0, 0.1) is 11.6 Å². The number of carbonyl (C=O) groups is 1. The molecule has 0 spiro atoms. The van der Waals surface area contributed by atoms with Crippen LogP contribution in [0.2, 0.25) is 0 Å². The number of esters is 1. The summed E-state index contributed by atoms with van der Waals surface area (Å²) >= 11 is 0. The van der Waals surface area contributed by atoms with Crippen LogP contribution in [0.5, 0.6) is 0 Å². The molecular weight excluding hydrogens is 348 g/mol. The molecule has 0 aromatic heterocycles. The molecule has 2 N–H and O–H groups in total. The number of aryl methyl sites for hydroxylation is 1. The quantitative estimate of drug-likeness (QED) is 0.378. The first-order chi connectivity index (χ1) is 13.0. The molecule has 144 valence electrons. The second-order valence-electron chi connectivity index (χ2n) is 6.47. The minimum Gasteiger partial charge on any atom is -0.469 e. The van der Waals surface area contributed by atoms with Gasteiger partial charge in [-0.2, -0.15) is 0 Å². The highest BCUT2D eigenvalue weighted by Gasteiger charge is 2.16. The van der Waals surface area contributed by atoms with Crippen molar-refractivity contribution in [3.8, 4) is 11.1 Å². The number of carbonyl (C=O) groups excluding carboxylic acids is 1.